The number of aromatic carboxylic acids is 1. The molecule has 21 heavy (non-hydrogen) atoms. The number of aromatic nitrogens is 2. The van der Waals surface area contributed by atoms with Crippen molar-refractivity contribution in [3.05, 3.63) is 11.9 Å². The van der Waals surface area contributed by atoms with Gasteiger partial charge in [-0.25, -0.2) is 4.79 Å². The lowest BCUT2D eigenvalue weighted by Crippen LogP contribution is -2.38. The van der Waals surface area contributed by atoms with Crippen molar-refractivity contribution < 1.29 is 14.6 Å². The van der Waals surface area contributed by atoms with Crippen LogP contribution in [0.2, 0.25) is 0 Å². The summed E-state index contributed by atoms with van der Waals surface area (Å²) in [5, 5.41) is 17.1. The highest BCUT2D eigenvalue weighted by Gasteiger charge is 2.25. The molecule has 1 saturated carbocycles. The number of hydrogen-bond donors (Lipinski definition) is 2. The fraction of sp³-hybridized carbons (Fsp3) is 0.733. The van der Waals surface area contributed by atoms with Crippen LogP contribution in [-0.2, 0) is 6.54 Å². The Morgan fingerprint density at radius 3 is 2.76 bits per heavy atom. The summed E-state index contributed by atoms with van der Waals surface area (Å²) in [5.41, 5.74) is 0.189. The number of carboxylic acid groups (broad SMARTS) is 1. The van der Waals surface area contributed by atoms with E-state index < -0.39 is 5.97 Å². The van der Waals surface area contributed by atoms with Crippen LogP contribution in [0, 0.1) is 0 Å². The maximum absolute atomic E-state index is 11.6. The van der Waals surface area contributed by atoms with Gasteiger partial charge in [0.25, 0.3) is 0 Å². The Morgan fingerprint density at radius 2 is 2.10 bits per heavy atom. The molecule has 1 aliphatic heterocycles. The van der Waals surface area contributed by atoms with Crippen LogP contribution in [0.4, 0.5) is 0 Å². The third-order valence-electron chi connectivity index (χ3n) is 4.41. The fourth-order valence-electron chi connectivity index (χ4n) is 3.28. The maximum atomic E-state index is 11.6. The minimum absolute atomic E-state index is 0.147. The first-order valence-corrected chi connectivity index (χ1v) is 7.93. The van der Waals surface area contributed by atoms with Crippen LogP contribution in [0.15, 0.2) is 6.20 Å². The summed E-state index contributed by atoms with van der Waals surface area (Å²) in [6.07, 6.45) is 9.49. The van der Waals surface area contributed by atoms with Gasteiger partial charge < -0.3 is 15.2 Å². The van der Waals surface area contributed by atoms with Crippen LogP contribution in [0.3, 0.4) is 0 Å². The third-order valence-corrected chi connectivity index (χ3v) is 4.41. The third kappa shape index (κ3) is 3.37. The Labute approximate surface area is 124 Å². The summed E-state index contributed by atoms with van der Waals surface area (Å²) >= 11 is 0. The molecule has 1 aromatic heterocycles. The second-order valence-electron chi connectivity index (χ2n) is 6.02. The monoisotopic (exact) mass is 293 g/mol. The number of ether oxygens (including phenoxy) is 1. The predicted octanol–water partition coefficient (Wildman–Crippen LogP) is 2.04. The number of nitrogens with one attached hydrogen (secondary N) is 1. The van der Waals surface area contributed by atoms with Crippen LogP contribution in [0.5, 0.6) is 5.75 Å². The zero-order valence-corrected chi connectivity index (χ0v) is 12.3. The van der Waals surface area contributed by atoms with E-state index in [2.05, 4.69) is 10.4 Å². The summed E-state index contributed by atoms with van der Waals surface area (Å²) in [7, 11) is 0. The second-order valence-corrected chi connectivity index (χ2v) is 6.02. The molecule has 6 nitrogen and oxygen atoms in total. The van der Waals surface area contributed by atoms with E-state index in [0.717, 1.165) is 38.6 Å². The van der Waals surface area contributed by atoms with Crippen molar-refractivity contribution >= 4 is 5.97 Å². The van der Waals surface area contributed by atoms with Crippen molar-refractivity contribution in [2.75, 3.05) is 6.54 Å². The molecule has 0 radical (unpaired) electrons. The van der Waals surface area contributed by atoms with Crippen molar-refractivity contribution in [1.82, 2.24) is 15.1 Å². The van der Waals surface area contributed by atoms with Crippen molar-refractivity contribution in [2.45, 2.75) is 63.6 Å². The molecular formula is C15H23N3O3. The molecule has 0 spiro atoms. The van der Waals surface area contributed by atoms with Gasteiger partial charge in [-0.15, -0.1) is 0 Å². The van der Waals surface area contributed by atoms with Crippen molar-refractivity contribution in [1.29, 1.82) is 0 Å². The van der Waals surface area contributed by atoms with Gasteiger partial charge in [0.15, 0.2) is 11.4 Å². The number of hydrogen-bond acceptors (Lipinski definition) is 4. The molecule has 1 unspecified atom stereocenters. The molecule has 6 heteroatoms. The molecule has 3 rings (SSSR count). The number of carboxylic acids is 1. The molecule has 2 fully saturated rings. The van der Waals surface area contributed by atoms with Crippen LogP contribution >= 0.6 is 0 Å². The highest BCUT2D eigenvalue weighted by molar-refractivity contribution is 5.88. The van der Waals surface area contributed by atoms with Crippen molar-refractivity contribution in [2.24, 2.45) is 0 Å². The molecule has 0 aromatic carbocycles. The molecule has 1 aromatic rings. The van der Waals surface area contributed by atoms with Gasteiger partial charge in [0, 0.05) is 6.04 Å². The highest BCUT2D eigenvalue weighted by atomic mass is 16.5. The Kier molecular flexibility index (Phi) is 4.43. The van der Waals surface area contributed by atoms with E-state index in [1.807, 2.05) is 0 Å². The number of piperidine rings is 1. The molecule has 0 bridgehead atoms. The Balaban J connectivity index is 1.73. The van der Waals surface area contributed by atoms with E-state index in [1.54, 1.807) is 10.9 Å². The summed E-state index contributed by atoms with van der Waals surface area (Å²) in [5.74, 6) is -0.540. The maximum Gasteiger partial charge on any atom is 0.358 e. The summed E-state index contributed by atoms with van der Waals surface area (Å²) in [6.45, 7) is 1.59. The zero-order chi connectivity index (χ0) is 14.7. The summed E-state index contributed by atoms with van der Waals surface area (Å²) in [4.78, 5) is 11.6. The number of rotatable bonds is 5. The van der Waals surface area contributed by atoms with Gasteiger partial charge in [-0.2, -0.15) is 5.10 Å². The van der Waals surface area contributed by atoms with Crippen molar-refractivity contribution in [3.8, 4) is 5.75 Å². The molecule has 2 heterocycles. The van der Waals surface area contributed by atoms with Gasteiger partial charge >= 0.3 is 5.97 Å². The molecule has 2 N–H and O–H groups in total. The van der Waals surface area contributed by atoms with Gasteiger partial charge in [0.1, 0.15) is 0 Å². The number of carbonyl (C=O) groups is 1. The van der Waals surface area contributed by atoms with E-state index in [9.17, 15) is 9.90 Å². The lowest BCUT2D eigenvalue weighted by molar-refractivity contribution is 0.0674. The molecule has 1 saturated heterocycles. The first-order valence-electron chi connectivity index (χ1n) is 7.93. The van der Waals surface area contributed by atoms with Crippen LogP contribution < -0.4 is 10.1 Å². The Morgan fingerprint density at radius 1 is 1.33 bits per heavy atom. The van der Waals surface area contributed by atoms with E-state index in [-0.39, 0.29) is 11.8 Å². The molecule has 1 atom stereocenters. The summed E-state index contributed by atoms with van der Waals surface area (Å²) in [6, 6.07) is 0.302. The van der Waals surface area contributed by atoms with Gasteiger partial charge in [-0.05, 0) is 45.1 Å². The van der Waals surface area contributed by atoms with Crippen molar-refractivity contribution in [3.63, 3.8) is 0 Å². The minimum atomic E-state index is -0.962. The van der Waals surface area contributed by atoms with Gasteiger partial charge in [-0.3, -0.25) is 4.68 Å². The normalized spacial score (nSPS) is 23.3. The van der Waals surface area contributed by atoms with Gasteiger partial charge in [0.05, 0.1) is 18.8 Å². The molecule has 2 aliphatic rings. The van der Waals surface area contributed by atoms with Crippen LogP contribution in [-0.4, -0.2) is 39.5 Å². The van der Waals surface area contributed by atoms with E-state index in [0.29, 0.717) is 18.3 Å². The van der Waals surface area contributed by atoms with E-state index in [4.69, 9.17) is 4.74 Å². The summed E-state index contributed by atoms with van der Waals surface area (Å²) < 4.78 is 7.43. The number of nitrogens with zero attached hydrogens (tertiary/aromatic N) is 2. The molecular weight excluding hydrogens is 270 g/mol. The van der Waals surface area contributed by atoms with E-state index >= 15 is 0 Å². The lowest BCUT2D eigenvalue weighted by Gasteiger charge is -2.23. The first kappa shape index (κ1) is 14.4. The van der Waals surface area contributed by atoms with E-state index in [1.165, 1.54) is 12.8 Å². The first-order chi connectivity index (χ1) is 10.2. The average Bonchev–Trinajstić information content (AvgIpc) is 3.11. The highest BCUT2D eigenvalue weighted by Crippen LogP contribution is 2.27. The van der Waals surface area contributed by atoms with Gasteiger partial charge in [0.2, 0.25) is 0 Å². The van der Waals surface area contributed by atoms with Gasteiger partial charge in [-0.1, -0.05) is 6.42 Å². The lowest BCUT2D eigenvalue weighted by atomic mass is 10.1. The SMILES string of the molecule is O=C(O)c1c(OC2CCCC2)cnn1CC1CCCCN1. The Hall–Kier alpha value is -1.56. The second kappa shape index (κ2) is 6.47. The quantitative estimate of drug-likeness (QED) is 0.869. The fourth-order valence-corrected chi connectivity index (χ4v) is 3.28. The zero-order valence-electron chi connectivity index (χ0n) is 12.3. The Bertz CT molecular complexity index is 488. The predicted molar refractivity (Wildman–Crippen MR) is 77.7 cm³/mol. The molecule has 1 aliphatic carbocycles. The molecule has 0 amide bonds. The van der Waals surface area contributed by atoms with Crippen LogP contribution in [0.1, 0.15) is 55.4 Å². The largest absolute Gasteiger partial charge is 0.486 e. The standard InChI is InChI=1S/C15H23N3O3/c19-15(20)14-13(21-12-6-1-2-7-12)9-17-18(14)10-11-5-3-4-8-16-11/h9,11-12,16H,1-8,10H2,(H,19,20). The smallest absolute Gasteiger partial charge is 0.358 e. The molecule has 116 valence electrons. The minimum Gasteiger partial charge on any atom is -0.486 e. The van der Waals surface area contributed by atoms with Crippen LogP contribution in [0.25, 0.3) is 0 Å². The topological polar surface area (TPSA) is 76.4 Å². The average molecular weight is 293 g/mol.